The number of ketones is 1. The number of rotatable bonds is 0. The van der Waals surface area contributed by atoms with Crippen molar-refractivity contribution < 1.29 is 19.4 Å². The summed E-state index contributed by atoms with van der Waals surface area (Å²) in [4.78, 5) is 12.6. The summed E-state index contributed by atoms with van der Waals surface area (Å²) in [6.07, 6.45) is 5.52. The Bertz CT molecular complexity index is 659. The Kier molecular flexibility index (Phi) is 3.84. The maximum Gasteiger partial charge on any atom is 0.163 e. The zero-order chi connectivity index (χ0) is 19.4. The number of hydrogen-bond acceptors (Lipinski definition) is 4. The highest BCUT2D eigenvalue weighted by molar-refractivity contribution is 5.87. The van der Waals surface area contributed by atoms with E-state index in [1.54, 1.807) is 0 Å². The van der Waals surface area contributed by atoms with E-state index < -0.39 is 11.9 Å². The normalized spacial score (nSPS) is 59.0. The van der Waals surface area contributed by atoms with E-state index in [1.807, 2.05) is 13.8 Å². The SMILES string of the molecule is CC1C2OC(C)(C)OC2C(O)C2(C)C1CCC1C3CCC(=O)C3(C)CCC12. The van der Waals surface area contributed by atoms with Crippen LogP contribution in [0, 0.1) is 40.4 Å². The van der Waals surface area contributed by atoms with Crippen LogP contribution in [0.5, 0.6) is 0 Å². The molecule has 0 radical (unpaired) electrons. The Morgan fingerprint density at radius 2 is 1.63 bits per heavy atom. The number of ether oxygens (including phenoxy) is 2. The summed E-state index contributed by atoms with van der Waals surface area (Å²) in [5.41, 5.74) is -0.243. The maximum atomic E-state index is 12.6. The molecular formula is C23H36O4. The van der Waals surface area contributed by atoms with Crippen molar-refractivity contribution in [3.8, 4) is 0 Å². The van der Waals surface area contributed by atoms with E-state index in [4.69, 9.17) is 9.47 Å². The first kappa shape index (κ1) is 18.6. The minimum Gasteiger partial charge on any atom is -0.390 e. The smallest absolute Gasteiger partial charge is 0.163 e. The third kappa shape index (κ3) is 2.24. The number of fused-ring (bicyclic) bond motifs is 6. The minimum absolute atomic E-state index is 0.00783. The molecule has 0 aromatic carbocycles. The molecule has 0 amide bonds. The largest absolute Gasteiger partial charge is 0.390 e. The number of aliphatic hydroxyl groups excluding tert-OH is 1. The molecule has 0 aromatic heterocycles. The van der Waals surface area contributed by atoms with Gasteiger partial charge in [-0.3, -0.25) is 4.79 Å². The highest BCUT2D eigenvalue weighted by atomic mass is 16.8. The standard InChI is InChI=1S/C23H36O4/c1-12-14-7-6-13-15-8-9-17(24)22(15,4)11-10-16(13)23(14,5)20(25)19-18(12)26-21(2,3)27-19/h12-16,18-20,25H,6-11H2,1-5H3. The summed E-state index contributed by atoms with van der Waals surface area (Å²) >= 11 is 0. The van der Waals surface area contributed by atoms with Crippen molar-refractivity contribution in [2.24, 2.45) is 40.4 Å². The van der Waals surface area contributed by atoms with Crippen LogP contribution in [0.1, 0.15) is 73.1 Å². The fourth-order valence-electron chi connectivity index (χ4n) is 8.51. The lowest BCUT2D eigenvalue weighted by Crippen LogP contribution is -2.65. The van der Waals surface area contributed by atoms with E-state index >= 15 is 0 Å². The van der Waals surface area contributed by atoms with Crippen LogP contribution in [0.4, 0.5) is 0 Å². The van der Waals surface area contributed by atoms with Gasteiger partial charge in [0.2, 0.25) is 0 Å². The Balaban J connectivity index is 1.51. The van der Waals surface area contributed by atoms with E-state index in [1.165, 1.54) is 6.42 Å². The summed E-state index contributed by atoms with van der Waals surface area (Å²) in [6, 6.07) is 0. The van der Waals surface area contributed by atoms with Gasteiger partial charge in [-0.15, -0.1) is 0 Å². The zero-order valence-corrected chi connectivity index (χ0v) is 17.5. The molecule has 0 bridgehead atoms. The Hall–Kier alpha value is -0.450. The zero-order valence-electron chi connectivity index (χ0n) is 17.5. The Labute approximate surface area is 163 Å². The minimum atomic E-state index is -0.614. The lowest BCUT2D eigenvalue weighted by atomic mass is 9.42. The van der Waals surface area contributed by atoms with Crippen LogP contribution in [0.15, 0.2) is 0 Å². The van der Waals surface area contributed by atoms with E-state index in [0.29, 0.717) is 35.4 Å². The number of aliphatic hydroxyl groups is 1. The van der Waals surface area contributed by atoms with Gasteiger partial charge in [-0.05, 0) is 75.5 Å². The molecule has 5 aliphatic rings. The van der Waals surface area contributed by atoms with Crippen LogP contribution in [-0.4, -0.2) is 35.0 Å². The fourth-order valence-corrected chi connectivity index (χ4v) is 8.51. The van der Waals surface area contributed by atoms with E-state index in [-0.39, 0.29) is 23.0 Å². The number of Topliss-reactive ketones (excluding diaryl/α,β-unsaturated/α-hetero) is 1. The second-order valence-electron chi connectivity index (χ2n) is 11.2. The van der Waals surface area contributed by atoms with Gasteiger partial charge in [-0.25, -0.2) is 0 Å². The molecule has 5 rings (SSSR count). The number of carbonyl (C=O) groups excluding carboxylic acids is 1. The molecule has 10 unspecified atom stereocenters. The molecule has 152 valence electrons. The predicted molar refractivity (Wildman–Crippen MR) is 102 cm³/mol. The lowest BCUT2D eigenvalue weighted by Gasteiger charge is -2.63. The van der Waals surface area contributed by atoms with E-state index in [0.717, 1.165) is 32.1 Å². The molecular weight excluding hydrogens is 340 g/mol. The first-order valence-corrected chi connectivity index (χ1v) is 11.2. The van der Waals surface area contributed by atoms with Gasteiger partial charge in [-0.1, -0.05) is 20.8 Å². The van der Waals surface area contributed by atoms with Crippen molar-refractivity contribution in [3.63, 3.8) is 0 Å². The van der Waals surface area contributed by atoms with Gasteiger partial charge in [0.15, 0.2) is 5.79 Å². The molecule has 4 heteroatoms. The molecule has 1 N–H and O–H groups in total. The van der Waals surface area contributed by atoms with Gasteiger partial charge in [-0.2, -0.15) is 0 Å². The summed E-state index contributed by atoms with van der Waals surface area (Å²) in [5.74, 6) is 2.32. The second-order valence-corrected chi connectivity index (χ2v) is 11.2. The van der Waals surface area contributed by atoms with Crippen molar-refractivity contribution in [1.82, 2.24) is 0 Å². The van der Waals surface area contributed by atoms with Crippen LogP contribution in [-0.2, 0) is 14.3 Å². The molecule has 4 nitrogen and oxygen atoms in total. The lowest BCUT2D eigenvalue weighted by molar-refractivity contribution is -0.217. The van der Waals surface area contributed by atoms with Crippen molar-refractivity contribution in [2.75, 3.05) is 0 Å². The van der Waals surface area contributed by atoms with E-state index in [9.17, 15) is 9.90 Å². The third-order valence-electron chi connectivity index (χ3n) is 9.82. The molecule has 5 fully saturated rings. The fraction of sp³-hybridized carbons (Fsp3) is 0.957. The van der Waals surface area contributed by atoms with Crippen molar-refractivity contribution in [2.45, 2.75) is 97.2 Å². The van der Waals surface area contributed by atoms with Crippen LogP contribution >= 0.6 is 0 Å². The van der Waals surface area contributed by atoms with Crippen molar-refractivity contribution >= 4 is 5.78 Å². The average molecular weight is 377 g/mol. The first-order valence-electron chi connectivity index (χ1n) is 11.2. The molecule has 1 saturated heterocycles. The highest BCUT2D eigenvalue weighted by Gasteiger charge is 2.67. The molecule has 1 aliphatic heterocycles. The Morgan fingerprint density at radius 1 is 0.926 bits per heavy atom. The van der Waals surface area contributed by atoms with Gasteiger partial charge in [0, 0.05) is 17.3 Å². The van der Waals surface area contributed by atoms with Crippen LogP contribution in [0.2, 0.25) is 0 Å². The summed E-state index contributed by atoms with van der Waals surface area (Å²) in [7, 11) is 0. The van der Waals surface area contributed by atoms with Crippen LogP contribution < -0.4 is 0 Å². The topological polar surface area (TPSA) is 55.8 Å². The maximum absolute atomic E-state index is 12.6. The monoisotopic (exact) mass is 376 g/mol. The summed E-state index contributed by atoms with van der Waals surface area (Å²) in [5, 5.41) is 11.6. The molecule has 27 heavy (non-hydrogen) atoms. The quantitative estimate of drug-likeness (QED) is 0.696. The molecule has 1 heterocycles. The van der Waals surface area contributed by atoms with Crippen LogP contribution in [0.3, 0.4) is 0 Å². The van der Waals surface area contributed by atoms with Crippen LogP contribution in [0.25, 0.3) is 0 Å². The van der Waals surface area contributed by atoms with Gasteiger partial charge >= 0.3 is 0 Å². The van der Waals surface area contributed by atoms with E-state index in [2.05, 4.69) is 20.8 Å². The predicted octanol–water partition coefficient (Wildman–Crippen LogP) is 3.95. The Morgan fingerprint density at radius 3 is 2.37 bits per heavy atom. The first-order chi connectivity index (χ1) is 12.6. The number of hydrogen-bond donors (Lipinski definition) is 1. The summed E-state index contributed by atoms with van der Waals surface area (Å²) < 4.78 is 12.5. The van der Waals surface area contributed by atoms with Gasteiger partial charge in [0.05, 0.1) is 12.2 Å². The number of carbonyl (C=O) groups is 1. The average Bonchev–Trinajstić information content (AvgIpc) is 3.09. The van der Waals surface area contributed by atoms with Gasteiger partial charge in [0.1, 0.15) is 11.9 Å². The third-order valence-corrected chi connectivity index (χ3v) is 9.82. The van der Waals surface area contributed by atoms with Gasteiger partial charge in [0.25, 0.3) is 0 Å². The molecule has 4 aliphatic carbocycles. The second kappa shape index (κ2) is 5.58. The molecule has 0 aromatic rings. The molecule has 10 atom stereocenters. The van der Waals surface area contributed by atoms with Crippen molar-refractivity contribution in [3.05, 3.63) is 0 Å². The molecule has 4 saturated carbocycles. The summed E-state index contributed by atoms with van der Waals surface area (Å²) in [6.45, 7) is 10.8. The highest BCUT2D eigenvalue weighted by Crippen LogP contribution is 2.67. The van der Waals surface area contributed by atoms with Crippen molar-refractivity contribution in [1.29, 1.82) is 0 Å². The molecule has 0 spiro atoms. The van der Waals surface area contributed by atoms with Gasteiger partial charge < -0.3 is 14.6 Å².